The highest BCUT2D eigenvalue weighted by molar-refractivity contribution is 5.18. The number of rotatable bonds is 6. The normalized spacial score (nSPS) is 25.2. The minimum Gasteiger partial charge on any atom is -0.378 e. The van der Waals surface area contributed by atoms with E-state index in [1.165, 1.54) is 57.2 Å². The van der Waals surface area contributed by atoms with Crippen LogP contribution in [0, 0.1) is 5.41 Å². The fraction of sp³-hybridized carbons (Fsp3) is 0.647. The maximum Gasteiger partial charge on any atom is 0.0576 e. The van der Waals surface area contributed by atoms with Crippen LogP contribution in [0.1, 0.15) is 37.7 Å². The molecule has 2 saturated heterocycles. The van der Waals surface area contributed by atoms with Crippen molar-refractivity contribution in [2.75, 3.05) is 19.7 Å². The monoisotopic (exact) mass is 259 g/mol. The summed E-state index contributed by atoms with van der Waals surface area (Å²) >= 11 is 0. The maximum atomic E-state index is 5.72. The molecule has 1 aromatic carbocycles. The first kappa shape index (κ1) is 13.1. The predicted octanol–water partition coefficient (Wildman–Crippen LogP) is 3.17. The van der Waals surface area contributed by atoms with E-state index in [2.05, 4.69) is 35.6 Å². The van der Waals surface area contributed by atoms with Gasteiger partial charge < -0.3 is 10.1 Å². The molecule has 2 aliphatic rings. The summed E-state index contributed by atoms with van der Waals surface area (Å²) in [5.41, 5.74) is 2.00. The molecule has 1 atom stereocenters. The van der Waals surface area contributed by atoms with Crippen LogP contribution in [0.2, 0.25) is 0 Å². The van der Waals surface area contributed by atoms with E-state index in [9.17, 15) is 0 Å². The maximum absolute atomic E-state index is 5.72. The van der Waals surface area contributed by atoms with Gasteiger partial charge in [-0.1, -0.05) is 36.8 Å². The average Bonchev–Trinajstić information content (AvgIpc) is 2.90. The zero-order chi connectivity index (χ0) is 13.0. The Morgan fingerprint density at radius 3 is 2.68 bits per heavy atom. The van der Waals surface area contributed by atoms with Gasteiger partial charge in [-0.05, 0) is 43.1 Å². The van der Waals surface area contributed by atoms with Gasteiger partial charge in [-0.2, -0.15) is 0 Å². The molecule has 2 nitrogen and oxygen atoms in total. The second-order valence-electron chi connectivity index (χ2n) is 6.29. The van der Waals surface area contributed by atoms with Crippen LogP contribution in [0.25, 0.3) is 0 Å². The molecule has 0 radical (unpaired) electrons. The van der Waals surface area contributed by atoms with Crippen LogP contribution >= 0.6 is 0 Å². The van der Waals surface area contributed by atoms with Crippen LogP contribution in [0.4, 0.5) is 0 Å². The van der Waals surface area contributed by atoms with E-state index in [0.717, 1.165) is 6.61 Å². The fourth-order valence-electron chi connectivity index (χ4n) is 3.47. The van der Waals surface area contributed by atoms with Crippen molar-refractivity contribution in [1.29, 1.82) is 0 Å². The number of hydrogen-bond donors (Lipinski definition) is 1. The molecule has 0 aliphatic carbocycles. The van der Waals surface area contributed by atoms with Crippen LogP contribution in [0.3, 0.4) is 0 Å². The Hall–Kier alpha value is -0.860. The Labute approximate surface area is 116 Å². The first-order valence-electron chi connectivity index (χ1n) is 7.73. The SMILES string of the molecule is c1ccc(CC2(CCCC3CCCO3)CNC2)cc1. The van der Waals surface area contributed by atoms with Gasteiger partial charge in [0.2, 0.25) is 0 Å². The Morgan fingerprint density at radius 2 is 2.05 bits per heavy atom. The lowest BCUT2D eigenvalue weighted by Gasteiger charge is -2.43. The Balaban J connectivity index is 1.48. The lowest BCUT2D eigenvalue weighted by Crippen LogP contribution is -2.54. The summed E-state index contributed by atoms with van der Waals surface area (Å²) in [5, 5.41) is 3.47. The van der Waals surface area contributed by atoms with Crippen LogP contribution < -0.4 is 5.32 Å². The smallest absolute Gasteiger partial charge is 0.0576 e. The number of benzene rings is 1. The minimum atomic E-state index is 0.514. The average molecular weight is 259 g/mol. The predicted molar refractivity (Wildman–Crippen MR) is 78.3 cm³/mol. The third-order valence-corrected chi connectivity index (χ3v) is 4.68. The van der Waals surface area contributed by atoms with Gasteiger partial charge in [-0.25, -0.2) is 0 Å². The summed E-state index contributed by atoms with van der Waals surface area (Å²) in [6.45, 7) is 3.36. The summed E-state index contributed by atoms with van der Waals surface area (Å²) in [7, 11) is 0. The first-order valence-corrected chi connectivity index (χ1v) is 7.73. The third kappa shape index (κ3) is 3.37. The van der Waals surface area contributed by atoms with Gasteiger partial charge in [-0.3, -0.25) is 0 Å². The lowest BCUT2D eigenvalue weighted by atomic mass is 9.72. The van der Waals surface area contributed by atoms with Crippen LogP contribution in [-0.2, 0) is 11.2 Å². The van der Waals surface area contributed by atoms with E-state index < -0.39 is 0 Å². The zero-order valence-electron chi connectivity index (χ0n) is 11.7. The molecule has 3 rings (SSSR count). The number of ether oxygens (including phenoxy) is 1. The van der Waals surface area contributed by atoms with Gasteiger partial charge in [-0.15, -0.1) is 0 Å². The molecule has 0 spiro atoms. The molecule has 1 unspecified atom stereocenters. The minimum absolute atomic E-state index is 0.514. The van der Waals surface area contributed by atoms with Gasteiger partial charge >= 0.3 is 0 Å². The molecule has 0 saturated carbocycles. The van der Waals surface area contributed by atoms with Gasteiger partial charge in [0.1, 0.15) is 0 Å². The molecule has 2 heterocycles. The Bertz CT molecular complexity index is 380. The summed E-state index contributed by atoms with van der Waals surface area (Å²) < 4.78 is 5.72. The molecule has 1 N–H and O–H groups in total. The molecule has 2 heteroatoms. The molecule has 19 heavy (non-hydrogen) atoms. The van der Waals surface area contributed by atoms with E-state index >= 15 is 0 Å². The van der Waals surface area contributed by atoms with Crippen molar-refractivity contribution in [2.24, 2.45) is 5.41 Å². The van der Waals surface area contributed by atoms with Crippen molar-refractivity contribution in [3.8, 4) is 0 Å². The standard InChI is InChI=1S/C17H25NO/c1-2-6-15(7-3-1)12-17(13-18-14-17)10-4-8-16-9-5-11-19-16/h1-3,6-7,16,18H,4-5,8-14H2. The largest absolute Gasteiger partial charge is 0.378 e. The third-order valence-electron chi connectivity index (χ3n) is 4.68. The highest BCUT2D eigenvalue weighted by Gasteiger charge is 2.36. The van der Waals surface area contributed by atoms with Crippen molar-refractivity contribution in [1.82, 2.24) is 5.32 Å². The Morgan fingerprint density at radius 1 is 1.21 bits per heavy atom. The van der Waals surface area contributed by atoms with Crippen molar-refractivity contribution >= 4 is 0 Å². The van der Waals surface area contributed by atoms with E-state index in [4.69, 9.17) is 4.74 Å². The van der Waals surface area contributed by atoms with Gasteiger partial charge in [0.25, 0.3) is 0 Å². The fourth-order valence-corrected chi connectivity index (χ4v) is 3.47. The van der Waals surface area contributed by atoms with Gasteiger partial charge in [0.15, 0.2) is 0 Å². The van der Waals surface area contributed by atoms with Crippen LogP contribution in [0.5, 0.6) is 0 Å². The van der Waals surface area contributed by atoms with E-state index in [0.29, 0.717) is 11.5 Å². The summed E-state index contributed by atoms with van der Waals surface area (Å²) in [6, 6.07) is 10.9. The molecule has 0 amide bonds. The van der Waals surface area contributed by atoms with Crippen molar-refractivity contribution < 1.29 is 4.74 Å². The van der Waals surface area contributed by atoms with Crippen molar-refractivity contribution in [3.63, 3.8) is 0 Å². The van der Waals surface area contributed by atoms with Gasteiger partial charge in [0.05, 0.1) is 6.10 Å². The molecule has 0 bridgehead atoms. The highest BCUT2D eigenvalue weighted by atomic mass is 16.5. The Kier molecular flexibility index (Phi) is 4.19. The van der Waals surface area contributed by atoms with E-state index in [1.54, 1.807) is 0 Å². The molecule has 1 aromatic rings. The molecule has 104 valence electrons. The molecular formula is C17H25NO. The summed E-state index contributed by atoms with van der Waals surface area (Å²) in [6.07, 6.45) is 8.25. The van der Waals surface area contributed by atoms with Gasteiger partial charge in [0, 0.05) is 19.7 Å². The topological polar surface area (TPSA) is 21.3 Å². The molecular weight excluding hydrogens is 234 g/mol. The first-order chi connectivity index (χ1) is 9.36. The molecule has 2 aliphatic heterocycles. The number of hydrogen-bond acceptors (Lipinski definition) is 2. The van der Waals surface area contributed by atoms with E-state index in [-0.39, 0.29) is 0 Å². The van der Waals surface area contributed by atoms with Crippen LogP contribution in [0.15, 0.2) is 30.3 Å². The zero-order valence-corrected chi connectivity index (χ0v) is 11.7. The second-order valence-corrected chi connectivity index (χ2v) is 6.29. The summed E-state index contributed by atoms with van der Waals surface area (Å²) in [4.78, 5) is 0. The van der Waals surface area contributed by atoms with Crippen LogP contribution in [-0.4, -0.2) is 25.8 Å². The quantitative estimate of drug-likeness (QED) is 0.847. The second kappa shape index (κ2) is 6.06. The molecule has 2 fully saturated rings. The molecule has 0 aromatic heterocycles. The highest BCUT2D eigenvalue weighted by Crippen LogP contribution is 2.34. The van der Waals surface area contributed by atoms with E-state index in [1.807, 2.05) is 0 Å². The van der Waals surface area contributed by atoms with Crippen molar-refractivity contribution in [2.45, 2.75) is 44.6 Å². The lowest BCUT2D eigenvalue weighted by molar-refractivity contribution is 0.0894. The summed E-state index contributed by atoms with van der Waals surface area (Å²) in [5.74, 6) is 0. The number of nitrogens with one attached hydrogen (secondary N) is 1. The van der Waals surface area contributed by atoms with Crippen molar-refractivity contribution in [3.05, 3.63) is 35.9 Å².